The van der Waals surface area contributed by atoms with E-state index in [-0.39, 0.29) is 11.4 Å². The molecule has 3 nitrogen and oxygen atoms in total. The van der Waals surface area contributed by atoms with Gasteiger partial charge in [0, 0.05) is 0 Å². The molecule has 1 heterocycles. The van der Waals surface area contributed by atoms with E-state index in [0.717, 1.165) is 17.5 Å². The third kappa shape index (κ3) is 1.75. The highest BCUT2D eigenvalue weighted by Crippen LogP contribution is 2.14. The van der Waals surface area contributed by atoms with Gasteiger partial charge in [-0.3, -0.25) is 4.79 Å². The van der Waals surface area contributed by atoms with Gasteiger partial charge in [0.25, 0.3) is 5.56 Å². The number of para-hydroxylation sites is 1. The van der Waals surface area contributed by atoms with Crippen LogP contribution in [-0.2, 0) is 12.3 Å². The minimum absolute atomic E-state index is 0.119. The predicted molar refractivity (Wildman–Crippen MR) is 61.3 cm³/mol. The van der Waals surface area contributed by atoms with Crippen LogP contribution in [0.3, 0.4) is 0 Å². The maximum Gasteiger partial charge on any atom is 0.258 e. The summed E-state index contributed by atoms with van der Waals surface area (Å²) in [5.41, 5.74) is 1.72. The second-order valence-corrected chi connectivity index (χ2v) is 3.58. The number of H-pyrrole nitrogens is 1. The van der Waals surface area contributed by atoms with Gasteiger partial charge in [-0.1, -0.05) is 19.1 Å². The van der Waals surface area contributed by atoms with Crippen LogP contribution in [0.15, 0.2) is 23.0 Å². The number of fused-ring (bicyclic) bond motifs is 1. The zero-order valence-electron chi connectivity index (χ0n) is 8.38. The van der Waals surface area contributed by atoms with Crippen molar-refractivity contribution in [2.45, 2.75) is 19.2 Å². The summed E-state index contributed by atoms with van der Waals surface area (Å²) in [6, 6.07) is 5.63. The normalized spacial score (nSPS) is 10.8. The molecule has 78 valence electrons. The zero-order chi connectivity index (χ0) is 10.8. The first-order chi connectivity index (χ1) is 7.26. The quantitative estimate of drug-likeness (QED) is 0.792. The number of nitrogens with one attached hydrogen (secondary N) is 1. The Balaban J connectivity index is 2.85. The van der Waals surface area contributed by atoms with Crippen LogP contribution >= 0.6 is 11.6 Å². The average molecular weight is 223 g/mol. The first-order valence-electron chi connectivity index (χ1n) is 4.83. The van der Waals surface area contributed by atoms with Crippen molar-refractivity contribution in [2.24, 2.45) is 0 Å². The van der Waals surface area contributed by atoms with Gasteiger partial charge in [0.2, 0.25) is 0 Å². The smallest absolute Gasteiger partial charge is 0.258 e. The molecule has 0 saturated heterocycles. The van der Waals surface area contributed by atoms with Gasteiger partial charge in [0.1, 0.15) is 5.82 Å². The van der Waals surface area contributed by atoms with Crippen LogP contribution in [0.5, 0.6) is 0 Å². The molecular weight excluding hydrogens is 212 g/mol. The molecule has 0 atom stereocenters. The third-order valence-corrected chi connectivity index (χ3v) is 2.63. The second kappa shape index (κ2) is 4.03. The van der Waals surface area contributed by atoms with Crippen molar-refractivity contribution >= 4 is 22.5 Å². The van der Waals surface area contributed by atoms with Gasteiger partial charge >= 0.3 is 0 Å². The molecule has 0 fully saturated rings. The molecule has 4 heteroatoms. The van der Waals surface area contributed by atoms with Crippen LogP contribution in [0.4, 0.5) is 0 Å². The Morgan fingerprint density at radius 2 is 2.27 bits per heavy atom. The van der Waals surface area contributed by atoms with Crippen LogP contribution in [0.1, 0.15) is 18.3 Å². The molecule has 0 unspecified atom stereocenters. The molecule has 2 aromatic rings. The maximum atomic E-state index is 11.7. The topological polar surface area (TPSA) is 45.8 Å². The van der Waals surface area contributed by atoms with E-state index >= 15 is 0 Å². The van der Waals surface area contributed by atoms with Gasteiger partial charge in [-0.2, -0.15) is 0 Å². The molecule has 0 radical (unpaired) electrons. The fourth-order valence-electron chi connectivity index (χ4n) is 1.62. The summed E-state index contributed by atoms with van der Waals surface area (Å²) in [6.07, 6.45) is 0.857. The van der Waals surface area contributed by atoms with Gasteiger partial charge < -0.3 is 4.98 Å². The molecule has 0 aliphatic rings. The van der Waals surface area contributed by atoms with Crippen molar-refractivity contribution < 1.29 is 0 Å². The number of halogens is 1. The van der Waals surface area contributed by atoms with Gasteiger partial charge in [-0.15, -0.1) is 11.6 Å². The minimum atomic E-state index is -0.119. The van der Waals surface area contributed by atoms with E-state index in [1.54, 1.807) is 6.07 Å². The van der Waals surface area contributed by atoms with Gasteiger partial charge in [-0.05, 0) is 18.1 Å². The number of aryl methyl sites for hydroxylation is 1. The molecule has 0 aliphatic heterocycles. The summed E-state index contributed by atoms with van der Waals surface area (Å²) < 4.78 is 0. The van der Waals surface area contributed by atoms with Gasteiger partial charge in [0.15, 0.2) is 0 Å². The Morgan fingerprint density at radius 1 is 1.47 bits per heavy atom. The lowest BCUT2D eigenvalue weighted by Crippen LogP contribution is -2.11. The minimum Gasteiger partial charge on any atom is -0.309 e. The molecule has 0 bridgehead atoms. The van der Waals surface area contributed by atoms with E-state index in [1.807, 2.05) is 19.1 Å². The highest BCUT2D eigenvalue weighted by atomic mass is 35.5. The number of hydrogen-bond acceptors (Lipinski definition) is 2. The van der Waals surface area contributed by atoms with Gasteiger partial charge in [0.05, 0.1) is 16.8 Å². The Hall–Kier alpha value is -1.35. The van der Waals surface area contributed by atoms with E-state index < -0.39 is 0 Å². The number of benzene rings is 1. The van der Waals surface area contributed by atoms with E-state index in [9.17, 15) is 4.79 Å². The van der Waals surface area contributed by atoms with E-state index in [2.05, 4.69) is 9.97 Å². The summed E-state index contributed by atoms with van der Waals surface area (Å²) in [5, 5.41) is 0.628. The lowest BCUT2D eigenvalue weighted by molar-refractivity contribution is 1.02. The summed E-state index contributed by atoms with van der Waals surface area (Å²) in [6.45, 7) is 2.04. The average Bonchev–Trinajstić information content (AvgIpc) is 2.28. The predicted octanol–water partition coefficient (Wildman–Crippen LogP) is 2.22. The van der Waals surface area contributed by atoms with Crippen molar-refractivity contribution in [3.63, 3.8) is 0 Å². The highest BCUT2D eigenvalue weighted by Gasteiger charge is 2.05. The number of alkyl halides is 1. The van der Waals surface area contributed by atoms with E-state index in [1.165, 1.54) is 0 Å². The van der Waals surface area contributed by atoms with Crippen LogP contribution < -0.4 is 5.56 Å². The summed E-state index contributed by atoms with van der Waals surface area (Å²) in [7, 11) is 0. The standard InChI is InChI=1S/C11H11ClN2O/c1-2-7-4-3-5-8-10(7)13-9(6-12)14-11(8)15/h3-5H,2,6H2,1H3,(H,13,14,15). The molecule has 0 amide bonds. The number of aromatic amines is 1. The highest BCUT2D eigenvalue weighted by molar-refractivity contribution is 6.16. The van der Waals surface area contributed by atoms with Crippen LogP contribution in [0.25, 0.3) is 10.9 Å². The monoisotopic (exact) mass is 222 g/mol. The first kappa shape index (κ1) is 10.2. The molecule has 2 rings (SSSR count). The number of nitrogens with zero attached hydrogens (tertiary/aromatic N) is 1. The van der Waals surface area contributed by atoms with Crippen molar-refractivity contribution in [2.75, 3.05) is 0 Å². The molecule has 0 aliphatic carbocycles. The number of hydrogen-bond donors (Lipinski definition) is 1. The van der Waals surface area contributed by atoms with Crippen molar-refractivity contribution in [3.8, 4) is 0 Å². The molecule has 15 heavy (non-hydrogen) atoms. The van der Waals surface area contributed by atoms with Gasteiger partial charge in [-0.25, -0.2) is 4.98 Å². The number of aromatic nitrogens is 2. The van der Waals surface area contributed by atoms with Crippen LogP contribution in [0.2, 0.25) is 0 Å². The molecule has 1 N–H and O–H groups in total. The van der Waals surface area contributed by atoms with Crippen molar-refractivity contribution in [1.29, 1.82) is 0 Å². The fraction of sp³-hybridized carbons (Fsp3) is 0.273. The molecule has 0 spiro atoms. The molecule has 1 aromatic carbocycles. The lowest BCUT2D eigenvalue weighted by atomic mass is 10.1. The molecule has 1 aromatic heterocycles. The van der Waals surface area contributed by atoms with Crippen molar-refractivity contribution in [3.05, 3.63) is 39.9 Å². The molecule has 0 saturated carbocycles. The van der Waals surface area contributed by atoms with Crippen LogP contribution in [-0.4, -0.2) is 9.97 Å². The zero-order valence-corrected chi connectivity index (χ0v) is 9.14. The van der Waals surface area contributed by atoms with E-state index in [4.69, 9.17) is 11.6 Å². The number of rotatable bonds is 2. The largest absolute Gasteiger partial charge is 0.309 e. The Kier molecular flexibility index (Phi) is 2.73. The van der Waals surface area contributed by atoms with Crippen LogP contribution in [0, 0.1) is 0 Å². The summed E-state index contributed by atoms with van der Waals surface area (Å²) >= 11 is 5.66. The van der Waals surface area contributed by atoms with E-state index in [0.29, 0.717) is 11.2 Å². The SMILES string of the molecule is CCc1cccc2c(=O)[nH]c(CCl)nc12. The Labute approximate surface area is 92.1 Å². The first-order valence-corrected chi connectivity index (χ1v) is 5.36. The Morgan fingerprint density at radius 3 is 2.93 bits per heavy atom. The maximum absolute atomic E-state index is 11.7. The summed E-state index contributed by atoms with van der Waals surface area (Å²) in [5.74, 6) is 0.749. The fourth-order valence-corrected chi connectivity index (χ4v) is 1.74. The third-order valence-electron chi connectivity index (χ3n) is 2.38. The van der Waals surface area contributed by atoms with Crippen molar-refractivity contribution in [1.82, 2.24) is 9.97 Å². The Bertz CT molecular complexity index is 548. The summed E-state index contributed by atoms with van der Waals surface area (Å²) in [4.78, 5) is 18.7. The second-order valence-electron chi connectivity index (χ2n) is 3.31. The molecular formula is C11H11ClN2O. The lowest BCUT2D eigenvalue weighted by Gasteiger charge is -2.03.